The minimum Gasteiger partial charge on any atom is -0.393 e. The van der Waals surface area contributed by atoms with Crippen LogP contribution in [0, 0.1) is 11.8 Å². The Morgan fingerprint density at radius 1 is 0.929 bits per heavy atom. The van der Waals surface area contributed by atoms with Crippen LogP contribution in [0.1, 0.15) is 44.9 Å². The molecule has 0 amide bonds. The molecule has 0 heterocycles. The number of hydrogen-bond donors (Lipinski definition) is 2. The van der Waals surface area contributed by atoms with Gasteiger partial charge in [-0.1, -0.05) is 0 Å². The molecule has 0 radical (unpaired) electrons. The molecule has 3 fully saturated rings. The van der Waals surface area contributed by atoms with Crippen molar-refractivity contribution in [1.29, 1.82) is 0 Å². The standard InChI is InChI=1S/C12H21NO/c14-10-4-3-9(7-10)13-12-6-5-11(12)8-1-2-8/h8-14H,1-7H2/t9-,10+,11?,12?/m0/s1. The first-order valence-corrected chi connectivity index (χ1v) is 6.27. The Morgan fingerprint density at radius 2 is 1.79 bits per heavy atom. The number of hydrogen-bond acceptors (Lipinski definition) is 2. The molecule has 0 aliphatic heterocycles. The van der Waals surface area contributed by atoms with Gasteiger partial charge in [0.1, 0.15) is 0 Å². The van der Waals surface area contributed by atoms with Crippen LogP contribution in [-0.2, 0) is 0 Å². The summed E-state index contributed by atoms with van der Waals surface area (Å²) in [6.45, 7) is 0. The molecule has 2 nitrogen and oxygen atoms in total. The van der Waals surface area contributed by atoms with E-state index in [1.54, 1.807) is 0 Å². The molecule has 2 N–H and O–H groups in total. The molecule has 0 saturated heterocycles. The first kappa shape index (κ1) is 9.17. The Bertz CT molecular complexity index is 214. The molecule has 0 aromatic carbocycles. The van der Waals surface area contributed by atoms with Crippen LogP contribution >= 0.6 is 0 Å². The maximum Gasteiger partial charge on any atom is 0.0555 e. The summed E-state index contributed by atoms with van der Waals surface area (Å²) < 4.78 is 0. The quantitative estimate of drug-likeness (QED) is 0.718. The highest BCUT2D eigenvalue weighted by atomic mass is 16.3. The average molecular weight is 195 g/mol. The second kappa shape index (κ2) is 3.49. The first-order valence-electron chi connectivity index (χ1n) is 6.27. The fourth-order valence-electron chi connectivity index (χ4n) is 3.23. The van der Waals surface area contributed by atoms with E-state index in [4.69, 9.17) is 0 Å². The third-order valence-corrected chi connectivity index (χ3v) is 4.41. The lowest BCUT2D eigenvalue weighted by atomic mass is 9.76. The number of aliphatic hydroxyl groups is 1. The van der Waals surface area contributed by atoms with Gasteiger partial charge in [0.25, 0.3) is 0 Å². The summed E-state index contributed by atoms with van der Waals surface area (Å²) in [7, 11) is 0. The number of aliphatic hydroxyl groups excluding tert-OH is 1. The molecule has 80 valence electrons. The van der Waals surface area contributed by atoms with E-state index in [1.165, 1.54) is 32.1 Å². The molecule has 3 aliphatic carbocycles. The molecule has 0 aromatic rings. The molecule has 14 heavy (non-hydrogen) atoms. The molecule has 0 spiro atoms. The molecule has 2 unspecified atom stereocenters. The Balaban J connectivity index is 1.47. The van der Waals surface area contributed by atoms with E-state index in [0.717, 1.165) is 30.7 Å². The summed E-state index contributed by atoms with van der Waals surface area (Å²) in [6, 6.07) is 1.43. The molecule has 0 bridgehead atoms. The van der Waals surface area contributed by atoms with Gasteiger partial charge in [-0.05, 0) is 56.8 Å². The van der Waals surface area contributed by atoms with Gasteiger partial charge in [-0.25, -0.2) is 0 Å². The smallest absolute Gasteiger partial charge is 0.0555 e. The fraction of sp³-hybridized carbons (Fsp3) is 1.00. The van der Waals surface area contributed by atoms with Crippen LogP contribution in [0.15, 0.2) is 0 Å². The molecular formula is C12H21NO. The van der Waals surface area contributed by atoms with Crippen LogP contribution in [0.25, 0.3) is 0 Å². The van der Waals surface area contributed by atoms with E-state index < -0.39 is 0 Å². The zero-order valence-electron chi connectivity index (χ0n) is 8.78. The van der Waals surface area contributed by atoms with E-state index in [0.29, 0.717) is 6.04 Å². The van der Waals surface area contributed by atoms with Crippen LogP contribution in [-0.4, -0.2) is 23.3 Å². The van der Waals surface area contributed by atoms with Crippen LogP contribution in [0.5, 0.6) is 0 Å². The summed E-state index contributed by atoms with van der Waals surface area (Å²) in [6.07, 6.45) is 8.98. The maximum absolute atomic E-state index is 9.45. The fourth-order valence-corrected chi connectivity index (χ4v) is 3.23. The van der Waals surface area contributed by atoms with Crippen molar-refractivity contribution in [3.8, 4) is 0 Å². The molecule has 2 heteroatoms. The molecule has 3 rings (SSSR count). The second-order valence-corrected chi connectivity index (χ2v) is 5.52. The minimum atomic E-state index is -0.0213. The highest BCUT2D eigenvalue weighted by Gasteiger charge is 2.42. The van der Waals surface area contributed by atoms with Crippen molar-refractivity contribution < 1.29 is 5.11 Å². The highest BCUT2D eigenvalue weighted by Crippen LogP contribution is 2.47. The first-order chi connectivity index (χ1) is 6.83. The molecule has 3 aliphatic rings. The summed E-state index contributed by atoms with van der Waals surface area (Å²) in [4.78, 5) is 0. The summed E-state index contributed by atoms with van der Waals surface area (Å²) in [5.41, 5.74) is 0. The zero-order chi connectivity index (χ0) is 9.54. The molecular weight excluding hydrogens is 174 g/mol. The largest absolute Gasteiger partial charge is 0.393 e. The van der Waals surface area contributed by atoms with Gasteiger partial charge in [-0.2, -0.15) is 0 Å². The van der Waals surface area contributed by atoms with E-state index in [2.05, 4.69) is 5.32 Å². The summed E-state index contributed by atoms with van der Waals surface area (Å²) in [5.74, 6) is 2.06. The van der Waals surface area contributed by atoms with Gasteiger partial charge in [0.15, 0.2) is 0 Å². The van der Waals surface area contributed by atoms with E-state index >= 15 is 0 Å². The second-order valence-electron chi connectivity index (χ2n) is 5.52. The van der Waals surface area contributed by atoms with Crippen molar-refractivity contribution in [2.24, 2.45) is 11.8 Å². The lowest BCUT2D eigenvalue weighted by molar-refractivity contribution is 0.154. The maximum atomic E-state index is 9.45. The monoisotopic (exact) mass is 195 g/mol. The van der Waals surface area contributed by atoms with Crippen LogP contribution < -0.4 is 5.32 Å². The number of nitrogens with one attached hydrogen (secondary N) is 1. The van der Waals surface area contributed by atoms with Gasteiger partial charge in [0.2, 0.25) is 0 Å². The van der Waals surface area contributed by atoms with Gasteiger partial charge >= 0.3 is 0 Å². The predicted octanol–water partition coefficient (Wildman–Crippen LogP) is 1.68. The van der Waals surface area contributed by atoms with E-state index in [-0.39, 0.29) is 6.10 Å². The van der Waals surface area contributed by atoms with Gasteiger partial charge in [0, 0.05) is 12.1 Å². The third-order valence-electron chi connectivity index (χ3n) is 4.41. The lowest BCUT2D eigenvalue weighted by Crippen LogP contribution is -2.48. The van der Waals surface area contributed by atoms with E-state index in [9.17, 15) is 5.11 Å². The highest BCUT2D eigenvalue weighted by molar-refractivity contribution is 4.98. The topological polar surface area (TPSA) is 32.3 Å². The van der Waals surface area contributed by atoms with E-state index in [1.807, 2.05) is 0 Å². The van der Waals surface area contributed by atoms with Crippen molar-refractivity contribution >= 4 is 0 Å². The molecule has 4 atom stereocenters. The Hall–Kier alpha value is -0.0800. The van der Waals surface area contributed by atoms with Gasteiger partial charge < -0.3 is 10.4 Å². The van der Waals surface area contributed by atoms with Crippen molar-refractivity contribution in [1.82, 2.24) is 5.32 Å². The van der Waals surface area contributed by atoms with Crippen molar-refractivity contribution in [2.75, 3.05) is 0 Å². The van der Waals surface area contributed by atoms with Crippen molar-refractivity contribution in [3.05, 3.63) is 0 Å². The number of rotatable bonds is 3. The Kier molecular flexibility index (Phi) is 2.29. The zero-order valence-corrected chi connectivity index (χ0v) is 8.78. The Morgan fingerprint density at radius 3 is 2.29 bits per heavy atom. The summed E-state index contributed by atoms with van der Waals surface area (Å²) in [5, 5.41) is 13.2. The average Bonchev–Trinajstić information content (AvgIpc) is 2.84. The normalized spacial score (nSPS) is 47.8. The third kappa shape index (κ3) is 1.70. The van der Waals surface area contributed by atoms with Crippen molar-refractivity contribution in [3.63, 3.8) is 0 Å². The summed E-state index contributed by atoms with van der Waals surface area (Å²) >= 11 is 0. The minimum absolute atomic E-state index is 0.0213. The van der Waals surface area contributed by atoms with Crippen LogP contribution in [0.3, 0.4) is 0 Å². The Labute approximate surface area is 86.1 Å². The van der Waals surface area contributed by atoms with Gasteiger partial charge in [-0.3, -0.25) is 0 Å². The van der Waals surface area contributed by atoms with Gasteiger partial charge in [0.05, 0.1) is 6.10 Å². The van der Waals surface area contributed by atoms with Crippen LogP contribution in [0.4, 0.5) is 0 Å². The SMILES string of the molecule is O[C@@H]1CC[C@H](NC2CCC2C2CC2)C1. The van der Waals surface area contributed by atoms with Crippen molar-refractivity contribution in [2.45, 2.75) is 63.1 Å². The van der Waals surface area contributed by atoms with Crippen LogP contribution in [0.2, 0.25) is 0 Å². The molecule has 0 aromatic heterocycles. The predicted molar refractivity (Wildman–Crippen MR) is 56.0 cm³/mol. The lowest BCUT2D eigenvalue weighted by Gasteiger charge is -2.39. The molecule has 3 saturated carbocycles. The van der Waals surface area contributed by atoms with Gasteiger partial charge in [-0.15, -0.1) is 0 Å².